The van der Waals surface area contributed by atoms with E-state index in [-0.39, 0.29) is 31.3 Å². The van der Waals surface area contributed by atoms with Crippen molar-refractivity contribution < 1.29 is 27.1 Å². The third-order valence-electron chi connectivity index (χ3n) is 4.62. The Hall–Kier alpha value is -1.72. The van der Waals surface area contributed by atoms with Crippen molar-refractivity contribution in [3.8, 4) is 5.88 Å². The van der Waals surface area contributed by atoms with E-state index in [1.165, 1.54) is 0 Å². The maximum atomic E-state index is 14.9. The van der Waals surface area contributed by atoms with Crippen LogP contribution >= 0.6 is 27.5 Å². The summed E-state index contributed by atoms with van der Waals surface area (Å²) in [5.41, 5.74) is -0.417. The van der Waals surface area contributed by atoms with Crippen molar-refractivity contribution in [3.05, 3.63) is 27.5 Å². The van der Waals surface area contributed by atoms with Crippen LogP contribution in [0.15, 0.2) is 10.5 Å². The molecule has 2 bridgehead atoms. The van der Waals surface area contributed by atoms with Gasteiger partial charge in [-0.1, -0.05) is 0 Å². The Labute approximate surface area is 163 Å². The second kappa shape index (κ2) is 6.14. The highest BCUT2D eigenvalue weighted by molar-refractivity contribution is 9.10. The Morgan fingerprint density at radius 2 is 1.89 bits per heavy atom. The minimum atomic E-state index is -2.28. The normalized spacial score (nSPS) is 27.3. The lowest BCUT2D eigenvalue weighted by atomic mass is 10.2. The average molecular weight is 470 g/mol. The van der Waals surface area contributed by atoms with E-state index in [0.717, 1.165) is 6.07 Å². The van der Waals surface area contributed by atoms with Crippen LogP contribution in [0.25, 0.3) is 10.9 Å². The first-order valence-corrected chi connectivity index (χ1v) is 8.93. The SMILES string of the molecule is O=C(Oc1nc(Cl)nc2c(F)c(Br)c(F)cc12)N1C2(F)CCC1(F)CNC2. The molecular weight excluding hydrogens is 460 g/mol. The van der Waals surface area contributed by atoms with Gasteiger partial charge in [0.05, 0.1) is 9.86 Å². The molecule has 2 fully saturated rings. The first-order valence-electron chi connectivity index (χ1n) is 7.76. The van der Waals surface area contributed by atoms with Crippen LogP contribution in [0.5, 0.6) is 5.88 Å². The number of ether oxygens (including phenoxy) is 1. The second-order valence-electron chi connectivity index (χ2n) is 6.32. The number of nitrogens with zero attached hydrogens (tertiary/aromatic N) is 3. The second-order valence-corrected chi connectivity index (χ2v) is 7.45. The van der Waals surface area contributed by atoms with Crippen LogP contribution in [0.2, 0.25) is 5.28 Å². The standard InChI is InChI=1S/C15H10BrClF4N4O2/c16-8-7(18)3-6-10(9(8)19)23-12(17)24-11(6)27-13(26)25-14(20)1-2-15(25,21)5-22-4-14/h3,22H,1-2,4-5H2. The molecule has 2 atom stereocenters. The van der Waals surface area contributed by atoms with Gasteiger partial charge in [0.2, 0.25) is 22.7 Å². The molecule has 2 unspecified atom stereocenters. The van der Waals surface area contributed by atoms with Crippen LogP contribution in [-0.4, -0.2) is 45.6 Å². The van der Waals surface area contributed by atoms with E-state index in [4.69, 9.17) is 16.3 Å². The van der Waals surface area contributed by atoms with E-state index in [9.17, 15) is 22.4 Å². The minimum Gasteiger partial charge on any atom is -0.390 e. The van der Waals surface area contributed by atoms with E-state index >= 15 is 0 Å². The van der Waals surface area contributed by atoms with Gasteiger partial charge in [-0.3, -0.25) is 0 Å². The fourth-order valence-corrected chi connectivity index (χ4v) is 3.86. The first kappa shape index (κ1) is 18.6. The van der Waals surface area contributed by atoms with Crippen molar-refractivity contribution >= 4 is 44.5 Å². The molecule has 27 heavy (non-hydrogen) atoms. The monoisotopic (exact) mass is 468 g/mol. The van der Waals surface area contributed by atoms with Crippen molar-refractivity contribution in [1.29, 1.82) is 0 Å². The molecule has 0 radical (unpaired) electrons. The van der Waals surface area contributed by atoms with E-state index in [2.05, 4.69) is 31.2 Å². The van der Waals surface area contributed by atoms with Crippen LogP contribution in [0, 0.1) is 11.6 Å². The molecule has 3 heterocycles. The molecule has 2 aliphatic rings. The number of hydrogen-bond donors (Lipinski definition) is 1. The third kappa shape index (κ3) is 2.83. The summed E-state index contributed by atoms with van der Waals surface area (Å²) < 4.78 is 62.5. The lowest BCUT2D eigenvalue weighted by molar-refractivity contribution is -0.104. The van der Waals surface area contributed by atoms with E-state index in [0.29, 0.717) is 4.90 Å². The molecule has 2 saturated heterocycles. The third-order valence-corrected chi connectivity index (χ3v) is 5.51. The lowest BCUT2D eigenvalue weighted by Crippen LogP contribution is -2.65. The summed E-state index contributed by atoms with van der Waals surface area (Å²) in [7, 11) is 0. The molecule has 1 aromatic heterocycles. The molecule has 2 aliphatic heterocycles. The van der Waals surface area contributed by atoms with Crippen LogP contribution in [0.1, 0.15) is 12.8 Å². The Morgan fingerprint density at radius 3 is 2.52 bits per heavy atom. The summed E-state index contributed by atoms with van der Waals surface area (Å²) >= 11 is 8.45. The molecular formula is C15H10BrClF4N4O2. The number of carbonyl (C=O) groups is 1. The number of halogens is 6. The number of hydrogen-bond acceptors (Lipinski definition) is 5. The number of benzene rings is 1. The zero-order valence-corrected chi connectivity index (χ0v) is 15.7. The Balaban J connectivity index is 1.77. The predicted octanol–water partition coefficient (Wildman–Crippen LogP) is 3.85. The number of fused-ring (bicyclic) bond motifs is 3. The number of alkyl halides is 2. The molecule has 6 nitrogen and oxygen atoms in total. The van der Waals surface area contributed by atoms with Gasteiger partial charge in [0.1, 0.15) is 11.3 Å². The fourth-order valence-electron chi connectivity index (χ4n) is 3.40. The number of piperazine rings is 1. The topological polar surface area (TPSA) is 67.3 Å². The molecule has 0 aliphatic carbocycles. The highest BCUT2D eigenvalue weighted by Gasteiger charge is 2.62. The molecule has 4 rings (SSSR count). The molecule has 144 valence electrons. The van der Waals surface area contributed by atoms with Crippen molar-refractivity contribution in [2.75, 3.05) is 13.1 Å². The van der Waals surface area contributed by atoms with Crippen molar-refractivity contribution in [1.82, 2.24) is 20.2 Å². The maximum Gasteiger partial charge on any atom is 0.421 e. The zero-order valence-electron chi connectivity index (χ0n) is 13.3. The van der Waals surface area contributed by atoms with Crippen LogP contribution in [0.4, 0.5) is 22.4 Å². The Morgan fingerprint density at radius 1 is 1.26 bits per heavy atom. The van der Waals surface area contributed by atoms with Crippen molar-refractivity contribution in [2.45, 2.75) is 24.4 Å². The number of carbonyl (C=O) groups excluding carboxylic acids is 1. The van der Waals surface area contributed by atoms with Gasteiger partial charge < -0.3 is 10.1 Å². The first-order chi connectivity index (χ1) is 12.6. The van der Waals surface area contributed by atoms with Gasteiger partial charge in [-0.05, 0) is 33.6 Å². The van der Waals surface area contributed by atoms with Crippen LogP contribution in [0.3, 0.4) is 0 Å². The predicted molar refractivity (Wildman–Crippen MR) is 89.8 cm³/mol. The van der Waals surface area contributed by atoms with Gasteiger partial charge in [-0.2, -0.15) is 4.98 Å². The van der Waals surface area contributed by atoms with Gasteiger partial charge in [-0.15, -0.1) is 0 Å². The fraction of sp³-hybridized carbons (Fsp3) is 0.400. The van der Waals surface area contributed by atoms with Crippen LogP contribution in [-0.2, 0) is 0 Å². The summed E-state index contributed by atoms with van der Waals surface area (Å²) in [6, 6.07) is 0.824. The molecule has 12 heteroatoms. The van der Waals surface area contributed by atoms with Gasteiger partial charge >= 0.3 is 6.09 Å². The van der Waals surface area contributed by atoms with Gasteiger partial charge in [0.15, 0.2) is 5.82 Å². The zero-order chi connectivity index (χ0) is 19.6. The maximum absolute atomic E-state index is 14.9. The van der Waals surface area contributed by atoms with Crippen molar-refractivity contribution in [3.63, 3.8) is 0 Å². The van der Waals surface area contributed by atoms with Gasteiger partial charge in [-0.25, -0.2) is 32.2 Å². The number of amides is 1. The smallest absolute Gasteiger partial charge is 0.390 e. The van der Waals surface area contributed by atoms with Crippen LogP contribution < -0.4 is 10.1 Å². The largest absolute Gasteiger partial charge is 0.421 e. The molecule has 1 amide bonds. The molecule has 0 spiro atoms. The number of nitrogens with one attached hydrogen (secondary N) is 1. The van der Waals surface area contributed by atoms with Crippen molar-refractivity contribution in [2.24, 2.45) is 0 Å². The summed E-state index contributed by atoms with van der Waals surface area (Å²) in [4.78, 5) is 20.2. The number of aromatic nitrogens is 2. The molecule has 0 saturated carbocycles. The van der Waals surface area contributed by atoms with Gasteiger partial charge in [0.25, 0.3) is 0 Å². The summed E-state index contributed by atoms with van der Waals surface area (Å²) in [5, 5.41) is 1.79. The molecule has 1 N–H and O–H groups in total. The minimum absolute atomic E-state index is 0.215. The summed E-state index contributed by atoms with van der Waals surface area (Å²) in [6.07, 6.45) is -1.81. The number of rotatable bonds is 1. The Kier molecular flexibility index (Phi) is 4.24. The molecule has 2 aromatic rings. The highest BCUT2D eigenvalue weighted by atomic mass is 79.9. The highest BCUT2D eigenvalue weighted by Crippen LogP contribution is 2.46. The van der Waals surface area contributed by atoms with E-state index in [1.807, 2.05) is 0 Å². The van der Waals surface area contributed by atoms with Gasteiger partial charge in [0, 0.05) is 25.9 Å². The average Bonchev–Trinajstić information content (AvgIpc) is 2.75. The quantitative estimate of drug-likeness (QED) is 0.297. The van der Waals surface area contributed by atoms with E-state index in [1.54, 1.807) is 0 Å². The summed E-state index contributed by atoms with van der Waals surface area (Å²) in [6.45, 7) is -0.537. The lowest BCUT2D eigenvalue weighted by Gasteiger charge is -2.41. The Bertz CT molecular complexity index is 965. The summed E-state index contributed by atoms with van der Waals surface area (Å²) in [5.74, 6) is -7.26. The molecule has 1 aromatic carbocycles. The van der Waals surface area contributed by atoms with E-state index < -0.39 is 50.5 Å².